The quantitative estimate of drug-likeness (QED) is 0.530. The van der Waals surface area contributed by atoms with Crippen molar-refractivity contribution in [3.63, 3.8) is 0 Å². The minimum Gasteiger partial charge on any atom is -0.369 e. The molecule has 0 aromatic carbocycles. The molecule has 1 heterocycles. The largest absolute Gasteiger partial charge is 0.369 e. The zero-order valence-corrected chi connectivity index (χ0v) is 7.58. The number of hydrogen-bond donors (Lipinski definition) is 1. The summed E-state index contributed by atoms with van der Waals surface area (Å²) in [5.74, 6) is 1.23. The van der Waals surface area contributed by atoms with E-state index < -0.39 is 6.29 Å². The van der Waals surface area contributed by atoms with E-state index in [9.17, 15) is 5.11 Å². The Balaban J connectivity index is 2.53. The minimum atomic E-state index is -0.530. The van der Waals surface area contributed by atoms with E-state index in [-0.39, 0.29) is 6.10 Å². The summed E-state index contributed by atoms with van der Waals surface area (Å²) < 4.78 is 5.35. The fourth-order valence-electron chi connectivity index (χ4n) is 1.57. The lowest BCUT2D eigenvalue weighted by Gasteiger charge is -2.22. The third kappa shape index (κ3) is 2.21. The molecule has 1 N–H and O–H groups in total. The van der Waals surface area contributed by atoms with Gasteiger partial charge in [-0.25, -0.2) is 0 Å². The zero-order chi connectivity index (χ0) is 8.43. The first-order chi connectivity index (χ1) is 5.11. The summed E-state index contributed by atoms with van der Waals surface area (Å²) in [5, 5.41) is 9.27. The summed E-state index contributed by atoms with van der Waals surface area (Å²) in [4.78, 5) is 0. The van der Waals surface area contributed by atoms with Gasteiger partial charge in [0.15, 0.2) is 0 Å². The van der Waals surface area contributed by atoms with Crippen LogP contribution in [-0.2, 0) is 4.74 Å². The number of aliphatic hydroxyl groups is 1. The highest BCUT2D eigenvalue weighted by Crippen LogP contribution is 2.27. The van der Waals surface area contributed by atoms with Crippen LogP contribution in [0.25, 0.3) is 0 Å². The molecule has 0 spiro atoms. The van der Waals surface area contributed by atoms with Crippen LogP contribution >= 0.6 is 0 Å². The highest BCUT2D eigenvalue weighted by atomic mass is 16.6. The molecule has 1 rings (SSSR count). The van der Waals surface area contributed by atoms with Crippen molar-refractivity contribution >= 4 is 7.28 Å². The van der Waals surface area contributed by atoms with Gasteiger partial charge < -0.3 is 9.84 Å². The number of aliphatic hydroxyl groups excluding tert-OH is 1. The minimum absolute atomic E-state index is 0.197. The predicted octanol–water partition coefficient (Wildman–Crippen LogP) is 1.02. The Labute approximate surface area is 69.2 Å². The van der Waals surface area contributed by atoms with E-state index in [1.54, 1.807) is 0 Å². The van der Waals surface area contributed by atoms with Crippen molar-refractivity contribution in [2.24, 2.45) is 5.92 Å². The maximum atomic E-state index is 9.27. The molecule has 1 aliphatic rings. The van der Waals surface area contributed by atoms with E-state index in [1.165, 1.54) is 0 Å². The molecule has 1 aliphatic heterocycles. The van der Waals surface area contributed by atoms with E-state index in [0.29, 0.717) is 11.7 Å². The van der Waals surface area contributed by atoms with E-state index in [1.807, 2.05) is 6.92 Å². The van der Waals surface area contributed by atoms with Gasteiger partial charge in [-0.1, -0.05) is 19.7 Å². The van der Waals surface area contributed by atoms with Gasteiger partial charge in [-0.05, 0) is 19.2 Å². The molecule has 0 radical (unpaired) electrons. The normalized spacial score (nSPS) is 46.2. The van der Waals surface area contributed by atoms with Crippen molar-refractivity contribution in [3.05, 3.63) is 0 Å². The summed E-state index contributed by atoms with van der Waals surface area (Å²) in [5.41, 5.74) is 0. The summed E-state index contributed by atoms with van der Waals surface area (Å²) in [6, 6.07) is 0. The lowest BCUT2D eigenvalue weighted by atomic mass is 9.58. The summed E-state index contributed by atoms with van der Waals surface area (Å²) in [7, 11) is 1.08. The van der Waals surface area contributed by atoms with Crippen LogP contribution < -0.4 is 0 Å². The molecule has 1 fully saturated rings. The molecule has 0 saturated carbocycles. The molecule has 11 heavy (non-hydrogen) atoms. The lowest BCUT2D eigenvalue weighted by Crippen LogP contribution is -2.22. The maximum absolute atomic E-state index is 9.27. The zero-order valence-electron chi connectivity index (χ0n) is 7.58. The molecule has 4 unspecified atom stereocenters. The van der Waals surface area contributed by atoms with Crippen molar-refractivity contribution in [1.29, 1.82) is 0 Å². The average Bonchev–Trinajstić information content (AvgIpc) is 2.05. The highest BCUT2D eigenvalue weighted by molar-refractivity contribution is 6.37. The SMILES string of the molecule is CC1BCC(O)OC(C)C1C. The second kappa shape index (κ2) is 3.59. The molecule has 2 nitrogen and oxygen atoms in total. The summed E-state index contributed by atoms with van der Waals surface area (Å²) in [6.07, 6.45) is 0.454. The van der Waals surface area contributed by atoms with Crippen LogP contribution in [0.15, 0.2) is 0 Å². The van der Waals surface area contributed by atoms with Gasteiger partial charge in [-0.3, -0.25) is 0 Å². The molecular formula is C8H17BO2. The fourth-order valence-corrected chi connectivity index (χ4v) is 1.57. The van der Waals surface area contributed by atoms with Gasteiger partial charge in [0.25, 0.3) is 0 Å². The van der Waals surface area contributed by atoms with Crippen molar-refractivity contribution in [3.8, 4) is 0 Å². The molecule has 0 aliphatic carbocycles. The third-order valence-corrected chi connectivity index (χ3v) is 2.88. The number of hydrogen-bond acceptors (Lipinski definition) is 2. The van der Waals surface area contributed by atoms with E-state index in [0.717, 1.165) is 13.6 Å². The number of rotatable bonds is 0. The molecule has 4 atom stereocenters. The van der Waals surface area contributed by atoms with Gasteiger partial charge in [-0.2, -0.15) is 0 Å². The lowest BCUT2D eigenvalue weighted by molar-refractivity contribution is -0.127. The van der Waals surface area contributed by atoms with Crippen LogP contribution in [-0.4, -0.2) is 24.8 Å². The Bertz CT molecular complexity index is 129. The first kappa shape index (κ1) is 9.08. The van der Waals surface area contributed by atoms with Gasteiger partial charge >= 0.3 is 0 Å². The Kier molecular flexibility index (Phi) is 2.96. The predicted molar refractivity (Wildman–Crippen MR) is 47.1 cm³/mol. The van der Waals surface area contributed by atoms with Gasteiger partial charge in [0.05, 0.1) is 6.10 Å². The molecule has 0 aromatic rings. The van der Waals surface area contributed by atoms with Gasteiger partial charge in [0.1, 0.15) is 13.6 Å². The highest BCUT2D eigenvalue weighted by Gasteiger charge is 2.27. The second-order valence-electron chi connectivity index (χ2n) is 3.71. The Morgan fingerprint density at radius 1 is 1.36 bits per heavy atom. The molecule has 0 amide bonds. The Morgan fingerprint density at radius 3 is 2.64 bits per heavy atom. The van der Waals surface area contributed by atoms with E-state index in [4.69, 9.17) is 4.74 Å². The summed E-state index contributed by atoms with van der Waals surface area (Å²) >= 11 is 0. The van der Waals surface area contributed by atoms with Gasteiger partial charge in [0.2, 0.25) is 0 Å². The second-order valence-corrected chi connectivity index (χ2v) is 3.71. The Morgan fingerprint density at radius 2 is 2.00 bits per heavy atom. The van der Waals surface area contributed by atoms with Crippen molar-refractivity contribution in [2.75, 3.05) is 0 Å². The van der Waals surface area contributed by atoms with Crippen LogP contribution in [0, 0.1) is 5.92 Å². The number of ether oxygens (including phenoxy) is 1. The van der Waals surface area contributed by atoms with Crippen LogP contribution in [0.3, 0.4) is 0 Å². The molecule has 1 saturated heterocycles. The first-order valence-electron chi connectivity index (χ1n) is 4.44. The fraction of sp³-hybridized carbons (Fsp3) is 1.00. The molecule has 0 aromatic heterocycles. The third-order valence-electron chi connectivity index (χ3n) is 2.88. The van der Waals surface area contributed by atoms with Crippen LogP contribution in [0.1, 0.15) is 20.8 Å². The average molecular weight is 156 g/mol. The van der Waals surface area contributed by atoms with Crippen molar-refractivity contribution in [2.45, 2.75) is 45.3 Å². The monoisotopic (exact) mass is 156 g/mol. The van der Waals surface area contributed by atoms with Crippen molar-refractivity contribution < 1.29 is 9.84 Å². The molecule has 3 heteroatoms. The van der Waals surface area contributed by atoms with E-state index in [2.05, 4.69) is 13.8 Å². The smallest absolute Gasteiger partial charge is 0.148 e. The van der Waals surface area contributed by atoms with Gasteiger partial charge in [0, 0.05) is 0 Å². The molecular weight excluding hydrogens is 139 g/mol. The molecule has 64 valence electrons. The van der Waals surface area contributed by atoms with Crippen LogP contribution in [0.4, 0.5) is 0 Å². The van der Waals surface area contributed by atoms with Crippen LogP contribution in [0.5, 0.6) is 0 Å². The maximum Gasteiger partial charge on any atom is 0.148 e. The topological polar surface area (TPSA) is 29.5 Å². The van der Waals surface area contributed by atoms with Gasteiger partial charge in [-0.15, -0.1) is 0 Å². The van der Waals surface area contributed by atoms with E-state index >= 15 is 0 Å². The van der Waals surface area contributed by atoms with Crippen LogP contribution in [0.2, 0.25) is 12.1 Å². The standard InChI is InChI=1S/C8H17BO2/c1-5-6(2)9-4-8(10)11-7(5)3/h5-10H,4H2,1-3H3. The van der Waals surface area contributed by atoms with Crippen molar-refractivity contribution in [1.82, 2.24) is 0 Å². The first-order valence-corrected chi connectivity index (χ1v) is 4.44. The molecule has 0 bridgehead atoms. The Hall–Kier alpha value is -0.0151. The summed E-state index contributed by atoms with van der Waals surface area (Å²) in [6.45, 7) is 6.45.